The van der Waals surface area contributed by atoms with Crippen molar-refractivity contribution >= 4 is 11.6 Å². The summed E-state index contributed by atoms with van der Waals surface area (Å²) in [6.07, 6.45) is 2.37. The molecule has 1 aliphatic carbocycles. The number of anilines is 1. The van der Waals surface area contributed by atoms with Crippen LogP contribution in [0.15, 0.2) is 36.4 Å². The predicted molar refractivity (Wildman–Crippen MR) is 101 cm³/mol. The first-order chi connectivity index (χ1) is 12.6. The first-order valence-corrected chi connectivity index (χ1v) is 8.92. The monoisotopic (exact) mass is 355 g/mol. The first-order valence-electron chi connectivity index (χ1n) is 8.92. The number of methoxy groups -OCH3 is 2. The quantitative estimate of drug-likeness (QED) is 0.810. The maximum atomic E-state index is 12.5. The van der Waals surface area contributed by atoms with Crippen LogP contribution in [-0.4, -0.2) is 26.7 Å². The molecule has 0 aliphatic heterocycles. The van der Waals surface area contributed by atoms with Gasteiger partial charge in [-0.2, -0.15) is 0 Å². The fourth-order valence-corrected chi connectivity index (χ4v) is 3.47. The molecule has 1 N–H and O–H groups in total. The molecule has 1 atom stereocenters. The summed E-state index contributed by atoms with van der Waals surface area (Å²) in [7, 11) is 3.27. The van der Waals surface area contributed by atoms with Crippen molar-refractivity contribution in [1.29, 1.82) is 0 Å². The molecule has 0 saturated heterocycles. The number of aryl methyl sites for hydroxylation is 1. The van der Waals surface area contributed by atoms with Gasteiger partial charge in [0.05, 0.1) is 20.8 Å². The molecule has 26 heavy (non-hydrogen) atoms. The zero-order chi connectivity index (χ0) is 18.5. The molecule has 0 heterocycles. The van der Waals surface area contributed by atoms with E-state index >= 15 is 0 Å². The van der Waals surface area contributed by atoms with Crippen molar-refractivity contribution in [3.63, 3.8) is 0 Å². The third-order valence-corrected chi connectivity index (χ3v) is 4.73. The average molecular weight is 355 g/mol. The number of fused-ring (bicyclic) bond motifs is 1. The van der Waals surface area contributed by atoms with Crippen LogP contribution in [-0.2, 0) is 11.2 Å². The molecule has 0 saturated carbocycles. The highest BCUT2D eigenvalue weighted by molar-refractivity contribution is 5.91. The van der Waals surface area contributed by atoms with E-state index in [1.807, 2.05) is 43.3 Å². The lowest BCUT2D eigenvalue weighted by molar-refractivity contribution is -0.116. The van der Waals surface area contributed by atoms with E-state index in [0.717, 1.165) is 30.0 Å². The first kappa shape index (κ1) is 18.1. The maximum Gasteiger partial charge on any atom is 0.224 e. The fourth-order valence-electron chi connectivity index (χ4n) is 3.47. The largest absolute Gasteiger partial charge is 0.494 e. The number of carbonyl (C=O) groups is 1. The molecule has 0 bridgehead atoms. The van der Waals surface area contributed by atoms with Gasteiger partial charge in [-0.3, -0.25) is 4.79 Å². The van der Waals surface area contributed by atoms with E-state index in [4.69, 9.17) is 14.2 Å². The Kier molecular flexibility index (Phi) is 5.66. The molecule has 1 aliphatic rings. The second kappa shape index (κ2) is 8.13. The lowest BCUT2D eigenvalue weighted by Gasteiger charge is -2.15. The number of carbonyl (C=O) groups excluding carboxylic acids is 1. The van der Waals surface area contributed by atoms with Crippen molar-refractivity contribution in [1.82, 2.24) is 0 Å². The third kappa shape index (κ3) is 3.93. The van der Waals surface area contributed by atoms with Gasteiger partial charge in [0.25, 0.3) is 0 Å². The molecule has 3 rings (SSSR count). The van der Waals surface area contributed by atoms with Crippen LogP contribution in [0.4, 0.5) is 5.69 Å². The Hall–Kier alpha value is -2.69. The Morgan fingerprint density at radius 2 is 1.81 bits per heavy atom. The van der Waals surface area contributed by atoms with Crippen molar-refractivity contribution in [2.45, 2.75) is 32.1 Å². The lowest BCUT2D eigenvalue weighted by atomic mass is 9.97. The van der Waals surface area contributed by atoms with E-state index in [-0.39, 0.29) is 11.8 Å². The summed E-state index contributed by atoms with van der Waals surface area (Å²) in [5.41, 5.74) is 3.20. The van der Waals surface area contributed by atoms with Crippen LogP contribution in [0.1, 0.15) is 36.8 Å². The average Bonchev–Trinajstić information content (AvgIpc) is 3.04. The second-order valence-corrected chi connectivity index (χ2v) is 6.35. The molecule has 0 radical (unpaired) electrons. The minimum absolute atomic E-state index is 0.0156. The standard InChI is InChI=1S/C21H25NO4/c1-4-26-17-9-7-16(8-10-17)22-21(23)12-15-6-5-14-11-19(24-2)20(25-3)13-18(14)15/h7-11,13,15H,4-6,12H2,1-3H3,(H,22,23). The summed E-state index contributed by atoms with van der Waals surface area (Å²) in [4.78, 5) is 12.5. The third-order valence-electron chi connectivity index (χ3n) is 4.73. The number of amides is 1. The number of hydrogen-bond donors (Lipinski definition) is 1. The minimum Gasteiger partial charge on any atom is -0.494 e. The molecule has 2 aromatic carbocycles. The molecule has 138 valence electrons. The van der Waals surface area contributed by atoms with Crippen LogP contribution >= 0.6 is 0 Å². The van der Waals surface area contributed by atoms with Crippen molar-refractivity contribution in [3.8, 4) is 17.2 Å². The number of ether oxygens (including phenoxy) is 3. The number of rotatable bonds is 7. The Morgan fingerprint density at radius 3 is 2.46 bits per heavy atom. The van der Waals surface area contributed by atoms with E-state index in [1.54, 1.807) is 14.2 Å². The van der Waals surface area contributed by atoms with Gasteiger partial charge in [0, 0.05) is 12.1 Å². The van der Waals surface area contributed by atoms with E-state index in [1.165, 1.54) is 11.1 Å². The van der Waals surface area contributed by atoms with Gasteiger partial charge < -0.3 is 19.5 Å². The Bertz CT molecular complexity index is 770. The highest BCUT2D eigenvalue weighted by Gasteiger charge is 2.27. The molecule has 0 spiro atoms. The van der Waals surface area contributed by atoms with Gasteiger partial charge in [-0.25, -0.2) is 0 Å². The maximum absolute atomic E-state index is 12.5. The molecule has 5 heteroatoms. The van der Waals surface area contributed by atoms with Crippen LogP contribution in [0.2, 0.25) is 0 Å². The Morgan fingerprint density at radius 1 is 1.12 bits per heavy atom. The van der Waals surface area contributed by atoms with Gasteiger partial charge in [-0.15, -0.1) is 0 Å². The summed E-state index contributed by atoms with van der Waals surface area (Å²) >= 11 is 0. The van der Waals surface area contributed by atoms with Gasteiger partial charge in [-0.1, -0.05) is 0 Å². The number of hydrogen-bond acceptors (Lipinski definition) is 4. The summed E-state index contributed by atoms with van der Waals surface area (Å²) in [5, 5.41) is 2.97. The van der Waals surface area contributed by atoms with E-state index < -0.39 is 0 Å². The molecule has 2 aromatic rings. The molecular formula is C21H25NO4. The molecule has 1 unspecified atom stereocenters. The van der Waals surface area contributed by atoms with Crippen molar-refractivity contribution in [3.05, 3.63) is 47.5 Å². The van der Waals surface area contributed by atoms with Crippen LogP contribution in [0.25, 0.3) is 0 Å². The summed E-state index contributed by atoms with van der Waals surface area (Å²) in [6, 6.07) is 11.5. The van der Waals surface area contributed by atoms with Crippen LogP contribution < -0.4 is 19.5 Å². The number of benzene rings is 2. The zero-order valence-corrected chi connectivity index (χ0v) is 15.5. The predicted octanol–water partition coefficient (Wildman–Crippen LogP) is 4.16. The molecule has 1 amide bonds. The van der Waals surface area contributed by atoms with Crippen molar-refractivity contribution in [2.75, 3.05) is 26.1 Å². The molecule has 0 fully saturated rings. The van der Waals surface area contributed by atoms with Gasteiger partial charge in [0.1, 0.15) is 5.75 Å². The number of nitrogens with one attached hydrogen (secondary N) is 1. The fraction of sp³-hybridized carbons (Fsp3) is 0.381. The minimum atomic E-state index is 0.0156. The van der Waals surface area contributed by atoms with Crippen LogP contribution in [0, 0.1) is 0 Å². The smallest absolute Gasteiger partial charge is 0.224 e. The van der Waals surface area contributed by atoms with Gasteiger partial charge in [-0.05, 0) is 73.2 Å². The Labute approximate surface area is 154 Å². The van der Waals surface area contributed by atoms with Crippen LogP contribution in [0.5, 0.6) is 17.2 Å². The normalized spacial score (nSPS) is 15.3. The van der Waals surface area contributed by atoms with Gasteiger partial charge in [0.2, 0.25) is 5.91 Å². The van der Waals surface area contributed by atoms with Crippen molar-refractivity contribution in [2.24, 2.45) is 0 Å². The van der Waals surface area contributed by atoms with E-state index in [2.05, 4.69) is 5.32 Å². The zero-order valence-electron chi connectivity index (χ0n) is 15.5. The Balaban J connectivity index is 1.66. The molecular weight excluding hydrogens is 330 g/mol. The molecule has 0 aromatic heterocycles. The highest BCUT2D eigenvalue weighted by atomic mass is 16.5. The second-order valence-electron chi connectivity index (χ2n) is 6.35. The summed E-state index contributed by atoms with van der Waals surface area (Å²) < 4.78 is 16.2. The van der Waals surface area contributed by atoms with E-state index in [9.17, 15) is 4.79 Å². The SMILES string of the molecule is CCOc1ccc(NC(=O)CC2CCc3cc(OC)c(OC)cc32)cc1. The molecule has 5 nitrogen and oxygen atoms in total. The highest BCUT2D eigenvalue weighted by Crippen LogP contribution is 2.41. The topological polar surface area (TPSA) is 56.8 Å². The van der Waals surface area contributed by atoms with Crippen molar-refractivity contribution < 1.29 is 19.0 Å². The summed E-state index contributed by atoms with van der Waals surface area (Å²) in [6.45, 7) is 2.57. The van der Waals surface area contributed by atoms with Crippen LogP contribution in [0.3, 0.4) is 0 Å². The van der Waals surface area contributed by atoms with Gasteiger partial charge >= 0.3 is 0 Å². The van der Waals surface area contributed by atoms with E-state index in [0.29, 0.717) is 18.8 Å². The lowest BCUT2D eigenvalue weighted by Crippen LogP contribution is -2.14. The van der Waals surface area contributed by atoms with Gasteiger partial charge in [0.15, 0.2) is 11.5 Å². The summed E-state index contributed by atoms with van der Waals surface area (Å²) in [5.74, 6) is 2.47.